The van der Waals surface area contributed by atoms with E-state index in [1.54, 1.807) is 34.9 Å². The Morgan fingerprint density at radius 2 is 1.91 bits per heavy atom. The minimum absolute atomic E-state index is 0.0347. The third kappa shape index (κ3) is 2.62. The number of fused-ring (bicyclic) bond motifs is 1. The third-order valence-corrected chi connectivity index (χ3v) is 2.95. The van der Waals surface area contributed by atoms with Crippen molar-refractivity contribution >= 4 is 17.2 Å². The summed E-state index contributed by atoms with van der Waals surface area (Å²) in [5.74, 6) is -1.55. The van der Waals surface area contributed by atoms with Gasteiger partial charge in [-0.15, -0.1) is 10.2 Å². The number of carbonyl (C=O) groups excluding carboxylic acids is 1. The fourth-order valence-electron chi connectivity index (χ4n) is 1.98. The highest BCUT2D eigenvalue weighted by Crippen LogP contribution is 2.23. The molecule has 22 heavy (non-hydrogen) atoms. The van der Waals surface area contributed by atoms with Gasteiger partial charge in [0.1, 0.15) is 0 Å². The van der Waals surface area contributed by atoms with Gasteiger partial charge < -0.3 is 5.32 Å². The lowest BCUT2D eigenvalue weighted by molar-refractivity contribution is -0.167. The van der Waals surface area contributed by atoms with Crippen molar-refractivity contribution in [2.75, 3.05) is 5.32 Å². The lowest BCUT2D eigenvalue weighted by Crippen LogP contribution is -2.29. The van der Waals surface area contributed by atoms with Crippen LogP contribution in [0.2, 0.25) is 0 Å². The number of benzene rings is 1. The van der Waals surface area contributed by atoms with E-state index in [0.717, 1.165) is 0 Å². The molecule has 0 aliphatic heterocycles. The lowest BCUT2D eigenvalue weighted by atomic mass is 10.2. The minimum Gasteiger partial charge on any atom is -0.318 e. The number of nitrogens with one attached hydrogen (secondary N) is 1. The lowest BCUT2D eigenvalue weighted by Gasteiger charge is -2.08. The number of amides is 1. The van der Waals surface area contributed by atoms with Gasteiger partial charge in [0.15, 0.2) is 11.5 Å². The molecule has 0 spiro atoms. The molecular weight excluding hydrogens is 297 g/mol. The molecule has 1 amide bonds. The van der Waals surface area contributed by atoms with E-state index >= 15 is 0 Å². The van der Waals surface area contributed by atoms with Crippen LogP contribution in [0.5, 0.6) is 0 Å². The van der Waals surface area contributed by atoms with Crippen LogP contribution in [-0.2, 0) is 4.79 Å². The van der Waals surface area contributed by atoms with Gasteiger partial charge >= 0.3 is 12.1 Å². The number of pyridine rings is 1. The molecule has 1 N–H and O–H groups in total. The quantitative estimate of drug-likeness (QED) is 0.792. The van der Waals surface area contributed by atoms with Crippen LogP contribution in [0.4, 0.5) is 18.9 Å². The summed E-state index contributed by atoms with van der Waals surface area (Å²) in [4.78, 5) is 11.0. The van der Waals surface area contributed by atoms with E-state index in [2.05, 4.69) is 10.2 Å². The molecule has 0 atom stereocenters. The first-order valence-electron chi connectivity index (χ1n) is 6.23. The molecular formula is C14H9F3N4O. The standard InChI is InChI=1S/C14H9F3N4O/c15-14(16,17)13(22)18-10-5-3-4-9(8-10)12-20-19-11-6-1-2-7-21(11)12/h1-8H,(H,18,22). The molecule has 0 unspecified atom stereocenters. The van der Waals surface area contributed by atoms with E-state index in [0.29, 0.717) is 17.0 Å². The van der Waals surface area contributed by atoms with Gasteiger partial charge in [-0.2, -0.15) is 13.2 Å². The first-order valence-corrected chi connectivity index (χ1v) is 6.23. The summed E-state index contributed by atoms with van der Waals surface area (Å²) in [6, 6.07) is 11.3. The molecule has 5 nitrogen and oxygen atoms in total. The van der Waals surface area contributed by atoms with Crippen LogP contribution >= 0.6 is 0 Å². The highest BCUT2D eigenvalue weighted by Gasteiger charge is 2.38. The van der Waals surface area contributed by atoms with Gasteiger partial charge in [-0.25, -0.2) is 0 Å². The Bertz CT molecular complexity index is 841. The van der Waals surface area contributed by atoms with Crippen LogP contribution < -0.4 is 5.32 Å². The van der Waals surface area contributed by atoms with Crippen molar-refractivity contribution in [3.8, 4) is 11.4 Å². The fourth-order valence-corrected chi connectivity index (χ4v) is 1.98. The van der Waals surface area contributed by atoms with Crippen molar-refractivity contribution in [2.24, 2.45) is 0 Å². The van der Waals surface area contributed by atoms with E-state index in [1.807, 2.05) is 5.32 Å². The summed E-state index contributed by atoms with van der Waals surface area (Å²) in [5.41, 5.74) is 1.19. The normalized spacial score (nSPS) is 11.6. The summed E-state index contributed by atoms with van der Waals surface area (Å²) < 4.78 is 38.5. The zero-order valence-corrected chi connectivity index (χ0v) is 11.0. The fraction of sp³-hybridized carbons (Fsp3) is 0.0714. The van der Waals surface area contributed by atoms with Crippen LogP contribution in [0.1, 0.15) is 0 Å². The number of aromatic nitrogens is 3. The van der Waals surface area contributed by atoms with Crippen molar-refractivity contribution in [3.05, 3.63) is 48.7 Å². The summed E-state index contributed by atoms with van der Waals surface area (Å²) in [6.07, 6.45) is -3.19. The topological polar surface area (TPSA) is 59.3 Å². The number of carbonyl (C=O) groups is 1. The third-order valence-electron chi connectivity index (χ3n) is 2.95. The van der Waals surface area contributed by atoms with Crippen LogP contribution in [-0.4, -0.2) is 26.7 Å². The Labute approximate surface area is 122 Å². The molecule has 1 aromatic carbocycles. The van der Waals surface area contributed by atoms with E-state index in [-0.39, 0.29) is 5.69 Å². The molecule has 0 aliphatic carbocycles. The first-order chi connectivity index (χ1) is 10.4. The molecule has 8 heteroatoms. The molecule has 0 fully saturated rings. The van der Waals surface area contributed by atoms with Gasteiger partial charge in [0.05, 0.1) is 0 Å². The Kier molecular flexibility index (Phi) is 3.28. The van der Waals surface area contributed by atoms with Gasteiger partial charge in [0.25, 0.3) is 0 Å². The average molecular weight is 306 g/mol. The van der Waals surface area contributed by atoms with E-state index < -0.39 is 12.1 Å². The van der Waals surface area contributed by atoms with E-state index in [9.17, 15) is 18.0 Å². The molecule has 0 saturated heterocycles. The Morgan fingerprint density at radius 1 is 1.09 bits per heavy atom. The molecule has 3 rings (SSSR count). The molecule has 2 heterocycles. The Balaban J connectivity index is 1.96. The second kappa shape index (κ2) is 5.14. The summed E-state index contributed by atoms with van der Waals surface area (Å²) in [5, 5.41) is 9.79. The van der Waals surface area contributed by atoms with Gasteiger partial charge in [0.2, 0.25) is 0 Å². The number of halogens is 3. The van der Waals surface area contributed by atoms with Crippen LogP contribution in [0.25, 0.3) is 17.0 Å². The Morgan fingerprint density at radius 3 is 2.68 bits per heavy atom. The molecule has 112 valence electrons. The van der Waals surface area contributed by atoms with Gasteiger partial charge in [-0.05, 0) is 24.3 Å². The van der Waals surface area contributed by atoms with Crippen molar-refractivity contribution in [1.82, 2.24) is 14.6 Å². The van der Waals surface area contributed by atoms with Crippen molar-refractivity contribution in [3.63, 3.8) is 0 Å². The average Bonchev–Trinajstić information content (AvgIpc) is 2.90. The van der Waals surface area contributed by atoms with Gasteiger partial charge in [0, 0.05) is 17.4 Å². The number of rotatable bonds is 2. The highest BCUT2D eigenvalue weighted by molar-refractivity contribution is 5.95. The van der Waals surface area contributed by atoms with Crippen molar-refractivity contribution in [1.29, 1.82) is 0 Å². The smallest absolute Gasteiger partial charge is 0.318 e. The highest BCUT2D eigenvalue weighted by atomic mass is 19.4. The van der Waals surface area contributed by atoms with E-state index in [1.165, 1.54) is 18.2 Å². The predicted octanol–water partition coefficient (Wildman–Crippen LogP) is 2.90. The van der Waals surface area contributed by atoms with Crippen molar-refractivity contribution < 1.29 is 18.0 Å². The molecule has 3 aromatic rings. The molecule has 2 aromatic heterocycles. The largest absolute Gasteiger partial charge is 0.471 e. The maximum absolute atomic E-state index is 12.3. The van der Waals surface area contributed by atoms with Crippen LogP contribution in [0.3, 0.4) is 0 Å². The van der Waals surface area contributed by atoms with Crippen LogP contribution in [0.15, 0.2) is 48.7 Å². The molecule has 0 radical (unpaired) electrons. The number of alkyl halides is 3. The Hall–Kier alpha value is -2.90. The van der Waals surface area contributed by atoms with Crippen LogP contribution in [0, 0.1) is 0 Å². The monoisotopic (exact) mass is 306 g/mol. The summed E-state index contributed by atoms with van der Waals surface area (Å²) >= 11 is 0. The minimum atomic E-state index is -4.93. The number of anilines is 1. The zero-order valence-electron chi connectivity index (χ0n) is 11.0. The molecule has 0 aliphatic rings. The van der Waals surface area contributed by atoms with Gasteiger partial charge in [-0.3, -0.25) is 9.20 Å². The number of hydrogen-bond acceptors (Lipinski definition) is 3. The summed E-state index contributed by atoms with van der Waals surface area (Å²) in [7, 11) is 0. The predicted molar refractivity (Wildman–Crippen MR) is 73.1 cm³/mol. The summed E-state index contributed by atoms with van der Waals surface area (Å²) in [6.45, 7) is 0. The SMILES string of the molecule is O=C(Nc1cccc(-c2nnc3ccccn23)c1)C(F)(F)F. The maximum Gasteiger partial charge on any atom is 0.471 e. The zero-order chi connectivity index (χ0) is 15.7. The number of nitrogens with zero attached hydrogens (tertiary/aromatic N) is 3. The van der Waals surface area contributed by atoms with E-state index in [4.69, 9.17) is 0 Å². The second-order valence-electron chi connectivity index (χ2n) is 4.49. The molecule has 0 bridgehead atoms. The molecule has 0 saturated carbocycles. The van der Waals surface area contributed by atoms with Gasteiger partial charge in [-0.1, -0.05) is 18.2 Å². The maximum atomic E-state index is 12.3. The number of hydrogen-bond donors (Lipinski definition) is 1. The van der Waals surface area contributed by atoms with Crippen molar-refractivity contribution in [2.45, 2.75) is 6.18 Å². The second-order valence-corrected chi connectivity index (χ2v) is 4.49. The first kappa shape index (κ1) is 14.1.